The third kappa shape index (κ3) is 2.60. The molecule has 4 N–H and O–H groups in total. The van der Waals surface area contributed by atoms with Gasteiger partial charge in [-0.1, -0.05) is 0 Å². The lowest BCUT2D eigenvalue weighted by molar-refractivity contribution is 0.102. The second-order valence-electron chi connectivity index (χ2n) is 3.56. The predicted molar refractivity (Wildman–Crippen MR) is 72.4 cm³/mol. The zero-order valence-corrected chi connectivity index (χ0v) is 10.8. The molecule has 1 heterocycles. The lowest BCUT2D eigenvalue weighted by Gasteiger charge is -2.07. The van der Waals surface area contributed by atoms with Crippen molar-refractivity contribution in [1.82, 2.24) is 4.98 Å². The van der Waals surface area contributed by atoms with E-state index in [1.807, 2.05) is 0 Å². The summed E-state index contributed by atoms with van der Waals surface area (Å²) in [6, 6.07) is 7.82. The molecule has 0 atom stereocenters. The highest BCUT2D eigenvalue weighted by Crippen LogP contribution is 2.23. The number of phenols is 1. The summed E-state index contributed by atoms with van der Waals surface area (Å²) in [5, 5.41) is 12.1. The average Bonchev–Trinajstić information content (AvgIpc) is 2.35. The van der Waals surface area contributed by atoms with Crippen molar-refractivity contribution in [2.45, 2.75) is 0 Å². The van der Waals surface area contributed by atoms with E-state index < -0.39 is 0 Å². The normalized spacial score (nSPS) is 10.1. The number of benzene rings is 1. The van der Waals surface area contributed by atoms with Crippen LogP contribution in [-0.2, 0) is 0 Å². The molecule has 0 radical (unpaired) electrons. The molecule has 1 aromatic heterocycles. The van der Waals surface area contributed by atoms with E-state index in [0.717, 1.165) is 0 Å². The molecular formula is C12H10BrN3O2. The van der Waals surface area contributed by atoms with Gasteiger partial charge in [-0.05, 0) is 46.3 Å². The summed E-state index contributed by atoms with van der Waals surface area (Å²) in [5.74, 6) is -0.0775. The summed E-state index contributed by atoms with van der Waals surface area (Å²) >= 11 is 3.28. The Balaban J connectivity index is 2.22. The largest absolute Gasteiger partial charge is 0.506 e. The van der Waals surface area contributed by atoms with Crippen LogP contribution in [0.4, 0.5) is 11.5 Å². The second-order valence-corrected chi connectivity index (χ2v) is 4.42. The van der Waals surface area contributed by atoms with Gasteiger partial charge in [0, 0.05) is 11.8 Å². The van der Waals surface area contributed by atoms with E-state index in [-0.39, 0.29) is 17.3 Å². The number of carbonyl (C=O) groups excluding carboxylic acids is 1. The van der Waals surface area contributed by atoms with E-state index in [1.165, 1.54) is 18.2 Å². The number of pyridine rings is 1. The van der Waals surface area contributed by atoms with Crippen LogP contribution in [0.1, 0.15) is 10.4 Å². The minimum Gasteiger partial charge on any atom is -0.506 e. The van der Waals surface area contributed by atoms with Crippen molar-refractivity contribution in [1.29, 1.82) is 0 Å². The standard InChI is InChI=1S/C12H10BrN3O2/c13-8-2-1-5-15-11(8)16-12(18)7-3-4-9(14)10(17)6-7/h1-6,17H,14H2,(H,15,16,18). The van der Waals surface area contributed by atoms with Gasteiger partial charge in [-0.15, -0.1) is 0 Å². The van der Waals surface area contributed by atoms with Crippen LogP contribution in [0.25, 0.3) is 0 Å². The van der Waals surface area contributed by atoms with Crippen LogP contribution in [0, 0.1) is 0 Å². The zero-order valence-electron chi connectivity index (χ0n) is 9.22. The van der Waals surface area contributed by atoms with Crippen molar-refractivity contribution in [2.24, 2.45) is 0 Å². The Kier molecular flexibility index (Phi) is 3.47. The van der Waals surface area contributed by atoms with Crippen molar-refractivity contribution in [3.8, 4) is 5.75 Å². The Morgan fingerprint density at radius 1 is 1.39 bits per heavy atom. The lowest BCUT2D eigenvalue weighted by Crippen LogP contribution is -2.13. The van der Waals surface area contributed by atoms with E-state index in [0.29, 0.717) is 15.9 Å². The first-order valence-electron chi connectivity index (χ1n) is 5.08. The quantitative estimate of drug-likeness (QED) is 0.587. The summed E-state index contributed by atoms with van der Waals surface area (Å²) in [6.45, 7) is 0. The molecule has 92 valence electrons. The molecule has 0 aliphatic carbocycles. The van der Waals surface area contributed by atoms with Crippen molar-refractivity contribution in [3.05, 3.63) is 46.6 Å². The fourth-order valence-corrected chi connectivity index (χ4v) is 1.70. The van der Waals surface area contributed by atoms with E-state index >= 15 is 0 Å². The van der Waals surface area contributed by atoms with E-state index in [2.05, 4.69) is 26.2 Å². The number of hydrogen-bond donors (Lipinski definition) is 3. The molecule has 1 amide bonds. The van der Waals surface area contributed by atoms with Gasteiger partial charge in [-0.3, -0.25) is 4.79 Å². The number of nitrogens with two attached hydrogens (primary N) is 1. The smallest absolute Gasteiger partial charge is 0.256 e. The van der Waals surface area contributed by atoms with Gasteiger partial charge >= 0.3 is 0 Å². The highest BCUT2D eigenvalue weighted by atomic mass is 79.9. The monoisotopic (exact) mass is 307 g/mol. The number of rotatable bonds is 2. The van der Waals surface area contributed by atoms with Gasteiger partial charge in [-0.25, -0.2) is 4.98 Å². The van der Waals surface area contributed by atoms with Crippen LogP contribution in [-0.4, -0.2) is 16.0 Å². The number of amides is 1. The molecule has 0 spiro atoms. The van der Waals surface area contributed by atoms with Gasteiger partial charge in [0.05, 0.1) is 10.2 Å². The Morgan fingerprint density at radius 2 is 2.17 bits per heavy atom. The zero-order chi connectivity index (χ0) is 13.1. The molecule has 0 saturated heterocycles. The third-order valence-electron chi connectivity index (χ3n) is 2.28. The molecule has 2 rings (SSSR count). The first kappa shape index (κ1) is 12.4. The van der Waals surface area contributed by atoms with Crippen LogP contribution in [0.15, 0.2) is 41.0 Å². The summed E-state index contributed by atoms with van der Waals surface area (Å²) < 4.78 is 0.679. The average molecular weight is 308 g/mol. The number of anilines is 2. The molecule has 2 aromatic rings. The third-order valence-corrected chi connectivity index (χ3v) is 2.92. The highest BCUT2D eigenvalue weighted by molar-refractivity contribution is 9.10. The second kappa shape index (κ2) is 5.05. The number of nitrogen functional groups attached to an aromatic ring is 1. The van der Waals surface area contributed by atoms with Gasteiger partial charge in [-0.2, -0.15) is 0 Å². The van der Waals surface area contributed by atoms with E-state index in [1.54, 1.807) is 18.3 Å². The summed E-state index contributed by atoms with van der Waals surface area (Å²) in [4.78, 5) is 15.9. The number of halogens is 1. The maximum absolute atomic E-state index is 11.9. The molecule has 0 aliphatic rings. The van der Waals surface area contributed by atoms with E-state index in [9.17, 15) is 9.90 Å². The van der Waals surface area contributed by atoms with E-state index in [4.69, 9.17) is 5.73 Å². The minimum atomic E-state index is -0.371. The Bertz CT molecular complexity index is 602. The fourth-order valence-electron chi connectivity index (χ4n) is 1.34. The van der Waals surface area contributed by atoms with Crippen molar-refractivity contribution >= 4 is 33.3 Å². The van der Waals surface area contributed by atoms with Crippen LogP contribution in [0.3, 0.4) is 0 Å². The summed E-state index contributed by atoms with van der Waals surface area (Å²) in [6.07, 6.45) is 1.57. The molecule has 5 nitrogen and oxygen atoms in total. The summed E-state index contributed by atoms with van der Waals surface area (Å²) in [5.41, 5.74) is 6.00. The molecule has 6 heteroatoms. The number of nitrogens with one attached hydrogen (secondary N) is 1. The molecule has 18 heavy (non-hydrogen) atoms. The number of nitrogens with zero attached hydrogens (tertiary/aromatic N) is 1. The fraction of sp³-hybridized carbons (Fsp3) is 0. The molecular weight excluding hydrogens is 298 g/mol. The maximum Gasteiger partial charge on any atom is 0.256 e. The topological polar surface area (TPSA) is 88.2 Å². The molecule has 0 bridgehead atoms. The number of hydrogen-bond acceptors (Lipinski definition) is 4. The number of aromatic hydroxyl groups is 1. The Morgan fingerprint density at radius 3 is 2.83 bits per heavy atom. The van der Waals surface area contributed by atoms with Crippen LogP contribution >= 0.6 is 15.9 Å². The number of aromatic nitrogens is 1. The Hall–Kier alpha value is -2.08. The minimum absolute atomic E-state index is 0.122. The van der Waals surface area contributed by atoms with Crippen LogP contribution in [0.2, 0.25) is 0 Å². The van der Waals surface area contributed by atoms with Crippen LogP contribution < -0.4 is 11.1 Å². The SMILES string of the molecule is Nc1ccc(C(=O)Nc2ncccc2Br)cc1O. The Labute approximate surface area is 112 Å². The van der Waals surface area contributed by atoms with Gasteiger partial charge in [0.1, 0.15) is 11.6 Å². The lowest BCUT2D eigenvalue weighted by atomic mass is 10.2. The number of phenolic OH excluding ortho intramolecular Hbond substituents is 1. The van der Waals surface area contributed by atoms with Gasteiger partial charge in [0.25, 0.3) is 5.91 Å². The first-order valence-corrected chi connectivity index (χ1v) is 5.87. The predicted octanol–water partition coefficient (Wildman–Crippen LogP) is 2.38. The van der Waals surface area contributed by atoms with Gasteiger partial charge < -0.3 is 16.2 Å². The summed E-state index contributed by atoms with van der Waals surface area (Å²) in [7, 11) is 0. The molecule has 0 aliphatic heterocycles. The first-order chi connectivity index (χ1) is 8.58. The van der Waals surface area contributed by atoms with Gasteiger partial charge in [0.2, 0.25) is 0 Å². The van der Waals surface area contributed by atoms with Crippen molar-refractivity contribution in [2.75, 3.05) is 11.1 Å². The molecule has 1 aromatic carbocycles. The molecule has 0 saturated carbocycles. The molecule has 0 unspecified atom stereocenters. The van der Waals surface area contributed by atoms with Crippen molar-refractivity contribution < 1.29 is 9.90 Å². The number of carbonyl (C=O) groups is 1. The maximum atomic E-state index is 11.9. The van der Waals surface area contributed by atoms with Crippen LogP contribution in [0.5, 0.6) is 5.75 Å². The van der Waals surface area contributed by atoms with Crippen molar-refractivity contribution in [3.63, 3.8) is 0 Å². The molecule has 0 fully saturated rings. The van der Waals surface area contributed by atoms with Gasteiger partial charge in [0.15, 0.2) is 0 Å². The highest BCUT2D eigenvalue weighted by Gasteiger charge is 2.10.